The number of hydrogen-bond donors (Lipinski definition) is 4. The lowest BCUT2D eigenvalue weighted by molar-refractivity contribution is -0.159. The Kier molecular flexibility index (Phi) is 53.3. The summed E-state index contributed by atoms with van der Waals surface area (Å²) in [6.07, 6.45) is -2.56. The third-order valence-corrected chi connectivity index (χ3v) is 19.9. The van der Waals surface area contributed by atoms with E-state index in [0.29, 0.717) is 12.8 Å². The second kappa shape index (κ2) is 60.4. The van der Waals surface area contributed by atoms with Crippen molar-refractivity contribution in [3.63, 3.8) is 0 Å². The molecule has 4 rings (SSSR count). The van der Waals surface area contributed by atoms with Crippen LogP contribution in [0.25, 0.3) is 32.3 Å². The Morgan fingerprint density at radius 2 is 0.363 bits per heavy atom. The Morgan fingerprint density at radius 1 is 0.199 bits per heavy atom. The number of carbonyl (C=O) groups excluding carboxylic acids is 13. The fraction of sp³-hybridized carbons (Fsp3) is 0.731. The first-order valence-corrected chi connectivity index (χ1v) is 50.4. The van der Waals surface area contributed by atoms with Crippen molar-refractivity contribution in [1.29, 1.82) is 0 Å². The summed E-state index contributed by atoms with van der Waals surface area (Å²) in [4.78, 5) is 178. The second-order valence-electron chi connectivity index (χ2n) is 45.7. The molecule has 146 heavy (non-hydrogen) atoms. The smallest absolute Gasteiger partial charge is 0.308 e. The molecule has 0 saturated heterocycles. The zero-order chi connectivity index (χ0) is 110. The summed E-state index contributed by atoms with van der Waals surface area (Å²) in [7, 11) is 0. The predicted octanol–water partition coefficient (Wildman–Crippen LogP) is 13.3. The molecular weight excluding hydrogens is 1900 g/mol. The molecule has 0 fully saturated rings. The molecule has 828 valence electrons. The molecule has 4 aromatic rings. The van der Waals surface area contributed by atoms with Crippen LogP contribution in [0.1, 0.15) is 282 Å². The number of nitrogens with one attached hydrogen (secondary N) is 4. The fourth-order valence-corrected chi connectivity index (χ4v) is 14.5. The van der Waals surface area contributed by atoms with E-state index in [-0.39, 0.29) is 183 Å². The van der Waals surface area contributed by atoms with Gasteiger partial charge in [-0.05, 0) is 238 Å². The van der Waals surface area contributed by atoms with Gasteiger partial charge in [0.05, 0.1) is 216 Å². The van der Waals surface area contributed by atoms with Crippen LogP contribution < -0.4 is 21.3 Å². The van der Waals surface area contributed by atoms with Crippen LogP contribution in [0.2, 0.25) is 0 Å². The number of hydrogen-bond acceptors (Lipinski definition) is 34. The number of esters is 9. The standard InChI is InChI=1S/C108H172N4O34/c1-96(2,3)138-85(117)43-55-129-67-106(68-130-56-44-86(118)139-97(4,5)6,69-131-57-45-87(119)140-98(7,8)9)110-82(114)40-52-126-64-105(109-81(113)33-29-30-76-34-35-79-37-36-77-31-28-32-78-38-39-80(76)95(79)94(77)78,65-127-53-41-83(115)111-107(70-132-58-46-88(120)141-99(10,11)12,71-133-59-47-89(121)142-100(13,14)15)72-134-60-48-90(122)143-101(16,17)18)66-128-54-42-84(116)112-108(73-135-61-49-91(123)144-102(19,20)21,74-136-62-50-92(124)145-103(22,23)24)75-137-63-51-93(125)146-104(25,26)27/h28,31-32,34-39H,29-30,33,40-75H2,1-27H3,(H,109,113)(H,110,114)(H,111,115)(H,112,116). The minimum Gasteiger partial charge on any atom is -0.460 e. The van der Waals surface area contributed by atoms with Crippen molar-refractivity contribution in [1.82, 2.24) is 21.3 Å². The second-order valence-corrected chi connectivity index (χ2v) is 45.7. The van der Waals surface area contributed by atoms with E-state index >= 15 is 4.79 Å². The molecule has 0 radical (unpaired) electrons. The predicted molar refractivity (Wildman–Crippen MR) is 544 cm³/mol. The van der Waals surface area contributed by atoms with E-state index in [9.17, 15) is 57.5 Å². The van der Waals surface area contributed by atoms with Gasteiger partial charge in [-0.25, -0.2) is 0 Å². The minimum absolute atomic E-state index is 0.109. The molecule has 0 aliphatic rings. The van der Waals surface area contributed by atoms with Crippen LogP contribution in [0.4, 0.5) is 0 Å². The van der Waals surface area contributed by atoms with Crippen LogP contribution in [0, 0.1) is 0 Å². The van der Waals surface area contributed by atoms with E-state index in [4.69, 9.17) is 99.5 Å². The van der Waals surface area contributed by atoms with Gasteiger partial charge in [-0.2, -0.15) is 0 Å². The highest BCUT2D eigenvalue weighted by atomic mass is 16.6. The Hall–Kier alpha value is -9.45. The Labute approximate surface area is 863 Å². The number of carbonyl (C=O) groups is 13. The summed E-state index contributed by atoms with van der Waals surface area (Å²) in [5, 5.41) is 18.5. The third-order valence-electron chi connectivity index (χ3n) is 19.9. The van der Waals surface area contributed by atoms with Crippen LogP contribution in [0.15, 0.2) is 54.6 Å². The monoisotopic (exact) mass is 2070 g/mol. The minimum atomic E-state index is -1.81. The topological polar surface area (TPSA) is 464 Å². The van der Waals surface area contributed by atoms with Crippen molar-refractivity contribution in [3.8, 4) is 0 Å². The molecule has 0 aromatic heterocycles. The molecule has 0 heterocycles. The summed E-state index contributed by atoms with van der Waals surface area (Å²) < 4.78 is 125. The highest BCUT2D eigenvalue weighted by Crippen LogP contribution is 2.37. The first-order valence-electron chi connectivity index (χ1n) is 50.4. The summed E-state index contributed by atoms with van der Waals surface area (Å²) in [6.45, 7) is 38.3. The maximum atomic E-state index is 15.3. The van der Waals surface area contributed by atoms with E-state index < -0.39 is 209 Å². The highest BCUT2D eigenvalue weighted by molar-refractivity contribution is 6.23. The average Bonchev–Trinajstić information content (AvgIpc) is 0.739. The van der Waals surface area contributed by atoms with Gasteiger partial charge >= 0.3 is 53.7 Å². The number of ether oxygens (including phenoxy) is 21. The van der Waals surface area contributed by atoms with Crippen LogP contribution in [0.3, 0.4) is 0 Å². The van der Waals surface area contributed by atoms with Crippen molar-refractivity contribution < 1.29 is 162 Å². The van der Waals surface area contributed by atoms with Crippen LogP contribution >= 0.6 is 0 Å². The molecule has 0 aliphatic carbocycles. The zero-order valence-electron chi connectivity index (χ0n) is 92.2. The SMILES string of the molecule is CC(C)(C)OC(=O)CCOCC(COCCC(=O)OC(C)(C)C)(COCCC(=O)OC(C)(C)C)NC(=O)CCOCC(COCCC(=O)NC(COCCC(=O)OC(C)(C)C)(COCCC(=O)OC(C)(C)C)COCCC(=O)OC(C)(C)C)(COCCC(=O)NC(COCCC(=O)OC(C)(C)C)(COCCC(=O)OC(C)(C)C)COCCC(=O)OC(C)(C)C)NC(=O)CCCc1ccc2ccc3cccc4ccc1c2c34. The van der Waals surface area contributed by atoms with Gasteiger partial charge in [0.1, 0.15) is 72.6 Å². The number of rotatable bonds is 68. The molecule has 0 unspecified atom stereocenters. The first-order chi connectivity index (χ1) is 67.6. The maximum Gasteiger partial charge on any atom is 0.308 e. The fourth-order valence-electron chi connectivity index (χ4n) is 14.5. The van der Waals surface area contributed by atoms with Crippen molar-refractivity contribution in [2.45, 2.75) is 356 Å². The highest BCUT2D eigenvalue weighted by Gasteiger charge is 2.41. The maximum absolute atomic E-state index is 15.3. The van der Waals surface area contributed by atoms with Gasteiger partial charge in [-0.1, -0.05) is 54.6 Å². The van der Waals surface area contributed by atoms with Crippen molar-refractivity contribution >= 4 is 110 Å². The van der Waals surface area contributed by atoms with Gasteiger partial charge in [0, 0.05) is 25.7 Å². The largest absolute Gasteiger partial charge is 0.460 e. The molecule has 0 spiro atoms. The third kappa shape index (κ3) is 58.5. The van der Waals surface area contributed by atoms with Gasteiger partial charge in [0.2, 0.25) is 23.6 Å². The van der Waals surface area contributed by atoms with Crippen LogP contribution in [-0.4, -0.2) is 308 Å². The molecule has 0 saturated carbocycles. The first kappa shape index (κ1) is 129. The Morgan fingerprint density at radius 3 is 0.555 bits per heavy atom. The van der Waals surface area contributed by atoms with Crippen molar-refractivity contribution in [3.05, 3.63) is 60.2 Å². The van der Waals surface area contributed by atoms with Gasteiger partial charge in [-0.15, -0.1) is 0 Å². The Bertz CT molecular complexity index is 4120. The van der Waals surface area contributed by atoms with Crippen LogP contribution in [-0.2, 0) is 168 Å². The average molecular weight is 2070 g/mol. The molecule has 4 amide bonds. The summed E-state index contributed by atoms with van der Waals surface area (Å²) >= 11 is 0. The van der Waals surface area contributed by atoms with Crippen molar-refractivity contribution in [2.75, 3.05) is 159 Å². The lowest BCUT2D eigenvalue weighted by Crippen LogP contribution is -2.60. The van der Waals surface area contributed by atoms with E-state index in [0.717, 1.165) is 37.9 Å². The summed E-state index contributed by atoms with van der Waals surface area (Å²) in [6, 6.07) is 18.5. The molecule has 0 aliphatic heterocycles. The number of aryl methyl sites for hydroxylation is 1. The van der Waals surface area contributed by atoms with Gasteiger partial charge in [0.15, 0.2) is 0 Å². The quantitative estimate of drug-likeness (QED) is 0.0138. The summed E-state index contributed by atoms with van der Waals surface area (Å²) in [5.41, 5.74) is -13.2. The summed E-state index contributed by atoms with van der Waals surface area (Å²) in [5.74, 6) is -7.76. The lowest BCUT2D eigenvalue weighted by Gasteiger charge is -2.36. The van der Waals surface area contributed by atoms with E-state index in [1.807, 2.05) is 12.1 Å². The molecule has 4 aromatic carbocycles. The van der Waals surface area contributed by atoms with Crippen molar-refractivity contribution in [2.24, 2.45) is 0 Å². The van der Waals surface area contributed by atoms with Gasteiger partial charge in [-0.3, -0.25) is 62.3 Å². The normalized spacial score (nSPS) is 12.9. The van der Waals surface area contributed by atoms with Gasteiger partial charge in [0.25, 0.3) is 0 Å². The Balaban J connectivity index is 1.95. The number of benzene rings is 4. The molecule has 0 bridgehead atoms. The van der Waals surface area contributed by atoms with Crippen LogP contribution in [0.5, 0.6) is 0 Å². The van der Waals surface area contributed by atoms with Gasteiger partial charge < -0.3 is 121 Å². The number of amides is 4. The zero-order valence-corrected chi connectivity index (χ0v) is 92.2. The van der Waals surface area contributed by atoms with E-state index in [1.54, 1.807) is 187 Å². The molecular formula is C108H172N4O34. The molecule has 38 nitrogen and oxygen atoms in total. The molecule has 4 N–H and O–H groups in total. The molecule has 0 atom stereocenters. The van der Waals surface area contributed by atoms with E-state index in [2.05, 4.69) is 63.7 Å². The lowest BCUT2D eigenvalue weighted by atomic mass is 9.90. The molecule has 38 heteroatoms. The van der Waals surface area contributed by atoms with E-state index in [1.165, 1.54) is 0 Å².